The summed E-state index contributed by atoms with van der Waals surface area (Å²) in [6.07, 6.45) is 1.48. The van der Waals surface area contributed by atoms with Gasteiger partial charge in [0, 0.05) is 7.05 Å². The number of methoxy groups -OCH3 is 1. The number of halogens is 1. The molecule has 0 radical (unpaired) electrons. The van der Waals surface area contributed by atoms with E-state index in [0.29, 0.717) is 11.5 Å². The predicted octanol–water partition coefficient (Wildman–Crippen LogP) is 2.49. The van der Waals surface area contributed by atoms with Crippen LogP contribution in [0.15, 0.2) is 30.5 Å². The number of nitrogens with zero attached hydrogens (tertiary/aromatic N) is 3. The lowest BCUT2D eigenvalue weighted by Gasteiger charge is -2.21. The molecule has 1 aromatic carbocycles. The molecule has 0 aliphatic heterocycles. The van der Waals surface area contributed by atoms with E-state index in [1.165, 1.54) is 6.20 Å². The van der Waals surface area contributed by atoms with Crippen molar-refractivity contribution in [3.8, 4) is 5.75 Å². The Morgan fingerprint density at radius 1 is 1.33 bits per heavy atom. The van der Waals surface area contributed by atoms with Crippen LogP contribution < -0.4 is 15.4 Å². The fourth-order valence-electron chi connectivity index (χ4n) is 1.65. The molecular weight excluding hydrogens is 252 g/mol. The first kappa shape index (κ1) is 12.4. The Morgan fingerprint density at radius 3 is 2.78 bits per heavy atom. The smallest absolute Gasteiger partial charge is 0.224 e. The van der Waals surface area contributed by atoms with E-state index in [1.54, 1.807) is 7.11 Å². The quantitative estimate of drug-likeness (QED) is 0.863. The molecule has 0 amide bonds. The van der Waals surface area contributed by atoms with Gasteiger partial charge in [0.05, 0.1) is 24.7 Å². The number of hydrogen-bond donors (Lipinski definition) is 1. The largest absolute Gasteiger partial charge is 0.495 e. The normalized spacial score (nSPS) is 10.2. The molecule has 18 heavy (non-hydrogen) atoms. The minimum atomic E-state index is 0.154. The zero-order valence-corrected chi connectivity index (χ0v) is 10.8. The number of nitrogen functional groups attached to an aromatic ring is 1. The highest BCUT2D eigenvalue weighted by atomic mass is 35.5. The fourth-order valence-corrected chi connectivity index (χ4v) is 1.78. The van der Waals surface area contributed by atoms with E-state index in [4.69, 9.17) is 22.1 Å². The van der Waals surface area contributed by atoms with E-state index >= 15 is 0 Å². The molecule has 0 saturated heterocycles. The molecule has 1 aromatic heterocycles. The van der Waals surface area contributed by atoms with Crippen LogP contribution in [0.25, 0.3) is 0 Å². The van der Waals surface area contributed by atoms with E-state index in [0.717, 1.165) is 11.4 Å². The summed E-state index contributed by atoms with van der Waals surface area (Å²) in [5, 5.41) is 0.154. The Kier molecular flexibility index (Phi) is 3.53. The van der Waals surface area contributed by atoms with Crippen molar-refractivity contribution in [2.24, 2.45) is 0 Å². The molecule has 0 aliphatic carbocycles. The maximum absolute atomic E-state index is 5.85. The monoisotopic (exact) mass is 264 g/mol. The van der Waals surface area contributed by atoms with E-state index in [9.17, 15) is 0 Å². The Morgan fingerprint density at radius 2 is 2.06 bits per heavy atom. The van der Waals surface area contributed by atoms with Gasteiger partial charge in [0.2, 0.25) is 5.28 Å². The molecule has 6 heteroatoms. The van der Waals surface area contributed by atoms with Crippen LogP contribution in [-0.2, 0) is 0 Å². The van der Waals surface area contributed by atoms with Crippen LogP contribution in [0.3, 0.4) is 0 Å². The summed E-state index contributed by atoms with van der Waals surface area (Å²) in [4.78, 5) is 9.76. The number of ether oxygens (including phenoxy) is 1. The van der Waals surface area contributed by atoms with E-state index in [1.807, 2.05) is 36.2 Å². The van der Waals surface area contributed by atoms with Crippen LogP contribution >= 0.6 is 11.6 Å². The second-order valence-electron chi connectivity index (χ2n) is 3.65. The zero-order valence-electron chi connectivity index (χ0n) is 10.1. The van der Waals surface area contributed by atoms with Crippen LogP contribution in [0.4, 0.5) is 17.2 Å². The van der Waals surface area contributed by atoms with Gasteiger partial charge in [-0.05, 0) is 23.7 Å². The van der Waals surface area contributed by atoms with Gasteiger partial charge in [0.25, 0.3) is 0 Å². The highest BCUT2D eigenvalue weighted by Gasteiger charge is 2.14. The highest BCUT2D eigenvalue weighted by molar-refractivity contribution is 6.28. The van der Waals surface area contributed by atoms with Crippen molar-refractivity contribution >= 4 is 28.8 Å². The van der Waals surface area contributed by atoms with Gasteiger partial charge in [-0.1, -0.05) is 12.1 Å². The molecule has 2 aromatic rings. The van der Waals surface area contributed by atoms with Crippen LogP contribution in [0.1, 0.15) is 0 Å². The number of aromatic nitrogens is 2. The third-order valence-electron chi connectivity index (χ3n) is 2.53. The van der Waals surface area contributed by atoms with Gasteiger partial charge < -0.3 is 15.4 Å². The lowest BCUT2D eigenvalue weighted by Crippen LogP contribution is -2.14. The van der Waals surface area contributed by atoms with Gasteiger partial charge in [-0.15, -0.1) is 0 Å². The van der Waals surface area contributed by atoms with Crippen molar-refractivity contribution in [2.75, 3.05) is 24.8 Å². The zero-order chi connectivity index (χ0) is 13.1. The molecule has 0 atom stereocenters. The van der Waals surface area contributed by atoms with E-state index < -0.39 is 0 Å². The maximum atomic E-state index is 5.85. The Hall–Kier alpha value is -2.01. The van der Waals surface area contributed by atoms with Crippen LogP contribution in [0.2, 0.25) is 5.28 Å². The van der Waals surface area contributed by atoms with Crippen molar-refractivity contribution in [2.45, 2.75) is 0 Å². The number of para-hydroxylation sites is 2. The first-order valence-electron chi connectivity index (χ1n) is 5.28. The number of benzene rings is 1. The molecule has 2 N–H and O–H groups in total. The first-order chi connectivity index (χ1) is 8.63. The van der Waals surface area contributed by atoms with Gasteiger partial charge in [-0.3, -0.25) is 0 Å². The Labute approximate surface area is 110 Å². The average Bonchev–Trinajstić information content (AvgIpc) is 2.40. The third kappa shape index (κ3) is 2.31. The van der Waals surface area contributed by atoms with Gasteiger partial charge in [0.15, 0.2) is 5.82 Å². The summed E-state index contributed by atoms with van der Waals surface area (Å²) in [5.74, 6) is 1.27. The van der Waals surface area contributed by atoms with Gasteiger partial charge >= 0.3 is 0 Å². The first-order valence-corrected chi connectivity index (χ1v) is 5.66. The number of hydrogen-bond acceptors (Lipinski definition) is 5. The van der Waals surface area contributed by atoms with Gasteiger partial charge in [-0.2, -0.15) is 4.98 Å². The van der Waals surface area contributed by atoms with Crippen LogP contribution in [0.5, 0.6) is 5.75 Å². The van der Waals surface area contributed by atoms with E-state index in [2.05, 4.69) is 9.97 Å². The van der Waals surface area contributed by atoms with Crippen molar-refractivity contribution in [1.82, 2.24) is 9.97 Å². The summed E-state index contributed by atoms with van der Waals surface area (Å²) in [6, 6.07) is 7.58. The number of rotatable bonds is 3. The van der Waals surface area contributed by atoms with Gasteiger partial charge in [-0.25, -0.2) is 4.98 Å². The topological polar surface area (TPSA) is 64.3 Å². The van der Waals surface area contributed by atoms with Gasteiger partial charge in [0.1, 0.15) is 5.75 Å². The lowest BCUT2D eigenvalue weighted by molar-refractivity contribution is 0.415. The summed E-state index contributed by atoms with van der Waals surface area (Å²) >= 11 is 5.79. The van der Waals surface area contributed by atoms with Crippen LogP contribution in [0, 0.1) is 0 Å². The third-order valence-corrected chi connectivity index (χ3v) is 2.71. The van der Waals surface area contributed by atoms with Crippen molar-refractivity contribution in [3.63, 3.8) is 0 Å². The molecule has 0 fully saturated rings. The highest BCUT2D eigenvalue weighted by Crippen LogP contribution is 2.33. The molecule has 0 bridgehead atoms. The summed E-state index contributed by atoms with van der Waals surface area (Å²) in [7, 11) is 3.45. The molecule has 0 unspecified atom stereocenters. The standard InChI is InChI=1S/C12H13ClN4O/c1-17(9-5-3-4-6-10(9)18-2)11-8(14)7-15-12(13)16-11/h3-7H,14H2,1-2H3. The molecule has 1 heterocycles. The van der Waals surface area contributed by atoms with Crippen molar-refractivity contribution < 1.29 is 4.74 Å². The molecule has 0 saturated carbocycles. The molecule has 2 rings (SSSR count). The number of nitrogens with two attached hydrogens (primary N) is 1. The average molecular weight is 265 g/mol. The Bertz CT molecular complexity index is 562. The Balaban J connectivity index is 2.47. The maximum Gasteiger partial charge on any atom is 0.224 e. The molecular formula is C12H13ClN4O. The SMILES string of the molecule is COc1ccccc1N(C)c1nc(Cl)ncc1N. The molecule has 0 aliphatic rings. The van der Waals surface area contributed by atoms with Crippen LogP contribution in [-0.4, -0.2) is 24.1 Å². The molecule has 5 nitrogen and oxygen atoms in total. The van der Waals surface area contributed by atoms with Crippen molar-refractivity contribution in [1.29, 1.82) is 0 Å². The van der Waals surface area contributed by atoms with E-state index in [-0.39, 0.29) is 5.28 Å². The summed E-state index contributed by atoms with van der Waals surface area (Å²) in [6.45, 7) is 0. The van der Waals surface area contributed by atoms with Crippen molar-refractivity contribution in [3.05, 3.63) is 35.7 Å². The fraction of sp³-hybridized carbons (Fsp3) is 0.167. The minimum Gasteiger partial charge on any atom is -0.495 e. The molecule has 0 spiro atoms. The summed E-state index contributed by atoms with van der Waals surface area (Å²) < 4.78 is 5.30. The molecule has 94 valence electrons. The minimum absolute atomic E-state index is 0.154. The summed E-state index contributed by atoms with van der Waals surface area (Å²) in [5.41, 5.74) is 7.15. The lowest BCUT2D eigenvalue weighted by atomic mass is 10.2. The number of anilines is 3. The second kappa shape index (κ2) is 5.10. The predicted molar refractivity (Wildman–Crippen MR) is 72.5 cm³/mol. The second-order valence-corrected chi connectivity index (χ2v) is 3.99.